The van der Waals surface area contributed by atoms with E-state index in [1.54, 1.807) is 0 Å². The highest BCUT2D eigenvalue weighted by molar-refractivity contribution is 4.78. The van der Waals surface area contributed by atoms with Crippen molar-refractivity contribution in [2.24, 2.45) is 0 Å². The molecule has 1 aliphatic heterocycles. The Morgan fingerprint density at radius 1 is 1.56 bits per heavy atom. The molecule has 94 valence electrons. The summed E-state index contributed by atoms with van der Waals surface area (Å²) in [4.78, 5) is 0. The number of hydrogen-bond donors (Lipinski definition) is 1. The minimum atomic E-state index is 0.551. The highest BCUT2D eigenvalue weighted by atomic mass is 16.5. The zero-order valence-corrected chi connectivity index (χ0v) is 10.7. The summed E-state index contributed by atoms with van der Waals surface area (Å²) in [7, 11) is 0. The molecule has 0 aromatic carbocycles. The molecular weight excluding hydrogens is 198 g/mol. The largest absolute Gasteiger partial charge is 0.378 e. The molecule has 1 saturated heterocycles. The van der Waals surface area contributed by atoms with Gasteiger partial charge in [-0.2, -0.15) is 0 Å². The van der Waals surface area contributed by atoms with E-state index in [1.165, 1.54) is 38.5 Å². The van der Waals surface area contributed by atoms with Crippen LogP contribution >= 0.6 is 0 Å². The van der Waals surface area contributed by atoms with Gasteiger partial charge in [-0.15, -0.1) is 6.58 Å². The van der Waals surface area contributed by atoms with Crippen LogP contribution in [-0.2, 0) is 4.74 Å². The Labute approximate surface area is 100 Å². The van der Waals surface area contributed by atoms with Crippen molar-refractivity contribution in [3.05, 3.63) is 12.7 Å². The van der Waals surface area contributed by atoms with Crippen LogP contribution < -0.4 is 5.32 Å². The fourth-order valence-electron chi connectivity index (χ4n) is 2.32. The van der Waals surface area contributed by atoms with Crippen molar-refractivity contribution in [1.29, 1.82) is 0 Å². The lowest BCUT2D eigenvalue weighted by Gasteiger charge is -2.17. The highest BCUT2D eigenvalue weighted by Crippen LogP contribution is 2.18. The number of rotatable bonds is 9. The van der Waals surface area contributed by atoms with Crippen molar-refractivity contribution >= 4 is 0 Å². The van der Waals surface area contributed by atoms with Crippen LogP contribution in [0.5, 0.6) is 0 Å². The maximum absolute atomic E-state index is 5.64. The minimum absolute atomic E-state index is 0.551. The highest BCUT2D eigenvalue weighted by Gasteiger charge is 2.15. The lowest BCUT2D eigenvalue weighted by Crippen LogP contribution is -2.29. The lowest BCUT2D eigenvalue weighted by atomic mass is 10.0. The van der Waals surface area contributed by atoms with Gasteiger partial charge in [-0.3, -0.25) is 0 Å². The zero-order valence-electron chi connectivity index (χ0n) is 10.7. The van der Waals surface area contributed by atoms with Crippen molar-refractivity contribution < 1.29 is 4.74 Å². The molecule has 2 unspecified atom stereocenters. The summed E-state index contributed by atoms with van der Waals surface area (Å²) in [5.74, 6) is 0. The third-order valence-electron chi connectivity index (χ3n) is 3.24. The van der Waals surface area contributed by atoms with Gasteiger partial charge in [0.2, 0.25) is 0 Å². The van der Waals surface area contributed by atoms with Crippen LogP contribution in [0.2, 0.25) is 0 Å². The van der Waals surface area contributed by atoms with Gasteiger partial charge < -0.3 is 10.1 Å². The maximum atomic E-state index is 5.64. The Morgan fingerprint density at radius 2 is 2.44 bits per heavy atom. The second kappa shape index (κ2) is 8.77. The molecule has 1 fully saturated rings. The topological polar surface area (TPSA) is 21.3 Å². The standard InChI is InChI=1S/C14H27NO/c1-3-7-13(15-11-4-2)8-5-9-14-10-6-12-16-14/h3,13-15H,1,4-12H2,2H3. The molecule has 0 aromatic heterocycles. The van der Waals surface area contributed by atoms with Crippen molar-refractivity contribution in [2.45, 2.75) is 64.0 Å². The number of nitrogens with one attached hydrogen (secondary N) is 1. The molecule has 0 bridgehead atoms. The Kier molecular flexibility index (Phi) is 7.52. The molecule has 0 aliphatic carbocycles. The van der Waals surface area contributed by atoms with Crippen LogP contribution in [0, 0.1) is 0 Å². The van der Waals surface area contributed by atoms with Crippen molar-refractivity contribution in [1.82, 2.24) is 5.32 Å². The zero-order chi connectivity index (χ0) is 11.6. The molecule has 1 rings (SSSR count). The van der Waals surface area contributed by atoms with E-state index in [0.29, 0.717) is 12.1 Å². The molecule has 0 spiro atoms. The Hall–Kier alpha value is -0.340. The number of hydrogen-bond acceptors (Lipinski definition) is 2. The fourth-order valence-corrected chi connectivity index (χ4v) is 2.32. The van der Waals surface area contributed by atoms with Crippen LogP contribution in [0.25, 0.3) is 0 Å². The minimum Gasteiger partial charge on any atom is -0.378 e. The summed E-state index contributed by atoms with van der Waals surface area (Å²) in [6.45, 7) is 8.15. The van der Waals surface area contributed by atoms with Gasteiger partial charge in [-0.1, -0.05) is 13.0 Å². The van der Waals surface area contributed by atoms with Gasteiger partial charge in [0.1, 0.15) is 0 Å². The van der Waals surface area contributed by atoms with E-state index >= 15 is 0 Å². The van der Waals surface area contributed by atoms with Crippen molar-refractivity contribution in [2.75, 3.05) is 13.2 Å². The van der Waals surface area contributed by atoms with Gasteiger partial charge >= 0.3 is 0 Å². The quantitative estimate of drug-likeness (QED) is 0.608. The fraction of sp³-hybridized carbons (Fsp3) is 0.857. The first kappa shape index (κ1) is 13.7. The molecule has 0 radical (unpaired) electrons. The van der Waals surface area contributed by atoms with Crippen LogP contribution in [0.4, 0.5) is 0 Å². The SMILES string of the molecule is C=CCC(CCCC1CCCO1)NCCC. The molecule has 0 saturated carbocycles. The predicted molar refractivity (Wildman–Crippen MR) is 69.7 cm³/mol. The van der Waals surface area contributed by atoms with Gasteiger partial charge in [0.15, 0.2) is 0 Å². The number of ether oxygens (including phenoxy) is 1. The maximum Gasteiger partial charge on any atom is 0.0576 e. The van der Waals surface area contributed by atoms with Gasteiger partial charge in [-0.25, -0.2) is 0 Å². The van der Waals surface area contributed by atoms with E-state index in [1.807, 2.05) is 6.08 Å². The van der Waals surface area contributed by atoms with Gasteiger partial charge in [0, 0.05) is 12.6 Å². The molecule has 2 heteroatoms. The molecule has 0 aromatic rings. The monoisotopic (exact) mass is 225 g/mol. The molecule has 16 heavy (non-hydrogen) atoms. The third kappa shape index (κ3) is 5.66. The first-order chi connectivity index (χ1) is 7.86. The van der Waals surface area contributed by atoms with Gasteiger partial charge in [-0.05, 0) is 51.5 Å². The van der Waals surface area contributed by atoms with Crippen LogP contribution in [0.15, 0.2) is 12.7 Å². The second-order valence-corrected chi connectivity index (χ2v) is 4.74. The molecule has 1 aliphatic rings. The van der Waals surface area contributed by atoms with Crippen molar-refractivity contribution in [3.63, 3.8) is 0 Å². The molecular formula is C14H27NO. The molecule has 2 atom stereocenters. The van der Waals surface area contributed by atoms with Gasteiger partial charge in [0.05, 0.1) is 6.10 Å². The van der Waals surface area contributed by atoms with Crippen LogP contribution in [0.3, 0.4) is 0 Å². The smallest absolute Gasteiger partial charge is 0.0576 e. The summed E-state index contributed by atoms with van der Waals surface area (Å²) >= 11 is 0. The summed E-state index contributed by atoms with van der Waals surface area (Å²) in [6.07, 6.45) is 11.2. The van der Waals surface area contributed by atoms with E-state index in [4.69, 9.17) is 4.74 Å². The summed E-state index contributed by atoms with van der Waals surface area (Å²) in [6, 6.07) is 0.624. The Balaban J connectivity index is 2.07. The Bertz CT molecular complexity index is 176. The predicted octanol–water partition coefficient (Wildman–Crippen LogP) is 3.28. The summed E-state index contributed by atoms with van der Waals surface area (Å²) < 4.78 is 5.64. The van der Waals surface area contributed by atoms with Crippen LogP contribution in [-0.4, -0.2) is 25.3 Å². The molecule has 2 nitrogen and oxygen atoms in total. The second-order valence-electron chi connectivity index (χ2n) is 4.74. The Morgan fingerprint density at radius 3 is 3.06 bits per heavy atom. The summed E-state index contributed by atoms with van der Waals surface area (Å²) in [5, 5.41) is 3.58. The molecule has 0 amide bonds. The van der Waals surface area contributed by atoms with Gasteiger partial charge in [0.25, 0.3) is 0 Å². The van der Waals surface area contributed by atoms with Crippen molar-refractivity contribution in [3.8, 4) is 0 Å². The molecule has 1 heterocycles. The van der Waals surface area contributed by atoms with E-state index in [2.05, 4.69) is 18.8 Å². The third-order valence-corrected chi connectivity index (χ3v) is 3.24. The first-order valence-electron chi connectivity index (χ1n) is 6.82. The average molecular weight is 225 g/mol. The van der Waals surface area contributed by atoms with E-state index in [0.717, 1.165) is 19.6 Å². The normalized spacial score (nSPS) is 22.2. The van der Waals surface area contributed by atoms with E-state index < -0.39 is 0 Å². The average Bonchev–Trinajstić information content (AvgIpc) is 2.79. The molecule has 1 N–H and O–H groups in total. The summed E-state index contributed by atoms with van der Waals surface area (Å²) in [5.41, 5.74) is 0. The lowest BCUT2D eigenvalue weighted by molar-refractivity contribution is 0.101. The van der Waals surface area contributed by atoms with E-state index in [-0.39, 0.29) is 0 Å². The van der Waals surface area contributed by atoms with Crippen LogP contribution in [0.1, 0.15) is 51.9 Å². The van der Waals surface area contributed by atoms with E-state index in [9.17, 15) is 0 Å². The first-order valence-corrected chi connectivity index (χ1v) is 6.82.